The molecule has 0 aliphatic carbocycles. The Morgan fingerprint density at radius 3 is 2.22 bits per heavy atom. The summed E-state index contributed by atoms with van der Waals surface area (Å²) in [5, 5.41) is 3.65. The summed E-state index contributed by atoms with van der Waals surface area (Å²) in [6.07, 6.45) is 5.25. The molecule has 1 aliphatic rings. The van der Waals surface area contributed by atoms with Crippen LogP contribution in [0.1, 0.15) is 74.1 Å². The second kappa shape index (κ2) is 5.50. The molecule has 1 N–H and O–H groups in total. The van der Waals surface area contributed by atoms with Crippen LogP contribution in [-0.2, 0) is 4.74 Å². The number of nitrogens with one attached hydrogen (secondary N) is 1. The molecule has 2 atom stereocenters. The maximum atomic E-state index is 6.15. The summed E-state index contributed by atoms with van der Waals surface area (Å²) in [6.45, 7) is 16.9. The zero-order valence-corrected chi connectivity index (χ0v) is 13.5. The number of hydrogen-bond donors (Lipinski definition) is 1. The van der Waals surface area contributed by atoms with E-state index in [1.165, 1.54) is 25.7 Å². The zero-order chi connectivity index (χ0) is 14.0. The van der Waals surface area contributed by atoms with Crippen LogP contribution in [0.5, 0.6) is 0 Å². The predicted molar refractivity (Wildman–Crippen MR) is 79.0 cm³/mol. The van der Waals surface area contributed by atoms with Crippen LogP contribution < -0.4 is 5.32 Å². The Kier molecular flexibility index (Phi) is 4.88. The number of hydrogen-bond acceptors (Lipinski definition) is 2. The molecule has 0 bridgehead atoms. The topological polar surface area (TPSA) is 21.3 Å². The third kappa shape index (κ3) is 5.27. The van der Waals surface area contributed by atoms with Gasteiger partial charge >= 0.3 is 0 Å². The number of rotatable bonds is 5. The van der Waals surface area contributed by atoms with Gasteiger partial charge in [-0.1, -0.05) is 13.8 Å². The number of ether oxygens (including phenoxy) is 1. The minimum absolute atomic E-state index is 0.0940. The maximum Gasteiger partial charge on any atom is 0.0631 e. The summed E-state index contributed by atoms with van der Waals surface area (Å²) < 4.78 is 6.15. The van der Waals surface area contributed by atoms with Crippen molar-refractivity contribution in [3.05, 3.63) is 0 Å². The van der Waals surface area contributed by atoms with Crippen LogP contribution in [0.25, 0.3) is 0 Å². The quantitative estimate of drug-likeness (QED) is 0.797. The molecule has 0 aromatic heterocycles. The van der Waals surface area contributed by atoms with Gasteiger partial charge in [0.25, 0.3) is 0 Å². The Labute approximate surface area is 114 Å². The van der Waals surface area contributed by atoms with Gasteiger partial charge in [-0.05, 0) is 65.7 Å². The lowest BCUT2D eigenvalue weighted by molar-refractivity contribution is -0.0346. The van der Waals surface area contributed by atoms with Crippen LogP contribution in [0, 0.1) is 5.41 Å². The second-order valence-corrected chi connectivity index (χ2v) is 8.01. The summed E-state index contributed by atoms with van der Waals surface area (Å²) in [4.78, 5) is 0. The fourth-order valence-electron chi connectivity index (χ4n) is 2.59. The van der Waals surface area contributed by atoms with Gasteiger partial charge in [-0.15, -0.1) is 0 Å². The molecule has 0 radical (unpaired) electrons. The van der Waals surface area contributed by atoms with E-state index in [1.54, 1.807) is 0 Å². The summed E-state index contributed by atoms with van der Waals surface area (Å²) in [5.74, 6) is 0. The molecule has 1 aliphatic heterocycles. The largest absolute Gasteiger partial charge is 0.372 e. The van der Waals surface area contributed by atoms with E-state index in [2.05, 4.69) is 53.8 Å². The van der Waals surface area contributed by atoms with Crippen molar-refractivity contribution in [3.63, 3.8) is 0 Å². The van der Waals surface area contributed by atoms with Gasteiger partial charge in [0.2, 0.25) is 0 Å². The SMILES string of the molecule is CCC(C)(CNC(C)(C)C)CC1CCC(C)(C)O1. The minimum Gasteiger partial charge on any atom is -0.372 e. The van der Waals surface area contributed by atoms with E-state index in [0.29, 0.717) is 11.5 Å². The van der Waals surface area contributed by atoms with Gasteiger partial charge in [0.05, 0.1) is 11.7 Å². The molecule has 1 heterocycles. The normalized spacial score (nSPS) is 27.2. The third-order valence-electron chi connectivity index (χ3n) is 4.17. The highest BCUT2D eigenvalue weighted by Crippen LogP contribution is 2.37. The average Bonchev–Trinajstić information content (AvgIpc) is 2.54. The van der Waals surface area contributed by atoms with Crippen molar-refractivity contribution < 1.29 is 4.74 Å². The van der Waals surface area contributed by atoms with Crippen LogP contribution in [-0.4, -0.2) is 23.8 Å². The van der Waals surface area contributed by atoms with E-state index in [0.717, 1.165) is 6.54 Å². The van der Waals surface area contributed by atoms with Crippen LogP contribution in [0.4, 0.5) is 0 Å². The van der Waals surface area contributed by atoms with Gasteiger partial charge in [0.15, 0.2) is 0 Å². The first-order valence-corrected chi connectivity index (χ1v) is 7.48. The molecule has 1 saturated heterocycles. The Bertz CT molecular complexity index is 267. The highest BCUT2D eigenvalue weighted by Gasteiger charge is 2.36. The van der Waals surface area contributed by atoms with Gasteiger partial charge in [0.1, 0.15) is 0 Å². The fraction of sp³-hybridized carbons (Fsp3) is 1.00. The minimum atomic E-state index is 0.0940. The molecule has 2 nitrogen and oxygen atoms in total. The van der Waals surface area contributed by atoms with Crippen LogP contribution in [0.3, 0.4) is 0 Å². The van der Waals surface area contributed by atoms with E-state index >= 15 is 0 Å². The van der Waals surface area contributed by atoms with Crippen molar-refractivity contribution in [2.45, 2.75) is 91.4 Å². The van der Waals surface area contributed by atoms with Gasteiger partial charge in [0, 0.05) is 12.1 Å². The predicted octanol–water partition coefficient (Wildman–Crippen LogP) is 4.14. The Morgan fingerprint density at radius 1 is 1.22 bits per heavy atom. The second-order valence-electron chi connectivity index (χ2n) is 8.01. The summed E-state index contributed by atoms with van der Waals surface area (Å²) in [6, 6.07) is 0. The highest BCUT2D eigenvalue weighted by atomic mass is 16.5. The zero-order valence-electron chi connectivity index (χ0n) is 13.5. The molecular weight excluding hydrogens is 222 g/mol. The smallest absolute Gasteiger partial charge is 0.0631 e. The van der Waals surface area contributed by atoms with Crippen molar-refractivity contribution in [1.82, 2.24) is 5.32 Å². The van der Waals surface area contributed by atoms with Crippen molar-refractivity contribution in [2.75, 3.05) is 6.54 Å². The molecule has 1 rings (SSSR count). The molecule has 0 amide bonds. The van der Waals surface area contributed by atoms with E-state index in [-0.39, 0.29) is 11.1 Å². The van der Waals surface area contributed by atoms with Gasteiger partial charge in [-0.25, -0.2) is 0 Å². The van der Waals surface area contributed by atoms with Crippen molar-refractivity contribution in [2.24, 2.45) is 5.41 Å². The third-order valence-corrected chi connectivity index (χ3v) is 4.17. The van der Waals surface area contributed by atoms with Gasteiger partial charge < -0.3 is 10.1 Å². The summed E-state index contributed by atoms with van der Waals surface area (Å²) in [5.41, 5.74) is 0.640. The molecule has 2 unspecified atom stereocenters. The maximum absolute atomic E-state index is 6.15. The lowest BCUT2D eigenvalue weighted by atomic mass is 9.80. The molecule has 2 heteroatoms. The van der Waals surface area contributed by atoms with Gasteiger partial charge in [-0.2, -0.15) is 0 Å². The van der Waals surface area contributed by atoms with Crippen LogP contribution in [0.15, 0.2) is 0 Å². The van der Waals surface area contributed by atoms with Crippen LogP contribution >= 0.6 is 0 Å². The monoisotopic (exact) mass is 255 g/mol. The molecule has 0 spiro atoms. The molecule has 0 aromatic carbocycles. The van der Waals surface area contributed by atoms with Crippen molar-refractivity contribution in [3.8, 4) is 0 Å². The standard InChI is InChI=1S/C16H33NO/c1-8-16(7,12-17-14(2,3)4)11-13-9-10-15(5,6)18-13/h13,17H,8-12H2,1-7H3. The van der Waals surface area contributed by atoms with E-state index in [1.807, 2.05) is 0 Å². The Hall–Kier alpha value is -0.0800. The molecule has 1 fully saturated rings. The van der Waals surface area contributed by atoms with E-state index < -0.39 is 0 Å². The highest BCUT2D eigenvalue weighted by molar-refractivity contribution is 4.88. The van der Waals surface area contributed by atoms with Crippen molar-refractivity contribution in [1.29, 1.82) is 0 Å². The molecule has 0 saturated carbocycles. The fourth-order valence-corrected chi connectivity index (χ4v) is 2.59. The van der Waals surface area contributed by atoms with Gasteiger partial charge in [-0.3, -0.25) is 0 Å². The lowest BCUT2D eigenvalue weighted by Gasteiger charge is -2.35. The Morgan fingerprint density at radius 2 is 1.83 bits per heavy atom. The first-order valence-electron chi connectivity index (χ1n) is 7.48. The molecule has 18 heavy (non-hydrogen) atoms. The van der Waals surface area contributed by atoms with E-state index in [4.69, 9.17) is 4.74 Å². The van der Waals surface area contributed by atoms with Crippen LogP contribution in [0.2, 0.25) is 0 Å². The lowest BCUT2D eigenvalue weighted by Crippen LogP contribution is -2.44. The molecule has 0 aromatic rings. The molecule has 108 valence electrons. The first-order chi connectivity index (χ1) is 8.05. The average molecular weight is 255 g/mol. The first kappa shape index (κ1) is 16.0. The summed E-state index contributed by atoms with van der Waals surface area (Å²) in [7, 11) is 0. The Balaban J connectivity index is 2.50. The summed E-state index contributed by atoms with van der Waals surface area (Å²) >= 11 is 0. The molecular formula is C16H33NO. The van der Waals surface area contributed by atoms with Crippen molar-refractivity contribution >= 4 is 0 Å². The van der Waals surface area contributed by atoms with E-state index in [9.17, 15) is 0 Å².